The van der Waals surface area contributed by atoms with Crippen molar-refractivity contribution in [3.8, 4) is 0 Å². The number of nitrogens with zero attached hydrogens (tertiary/aromatic N) is 2. The number of hydrogen-bond donors (Lipinski definition) is 5. The molecule has 4 rings (SSSR count). The fraction of sp³-hybridized carbons (Fsp3) is 0.341. The monoisotopic (exact) mass is 739 g/mol. The van der Waals surface area contributed by atoms with Crippen molar-refractivity contribution in [2.24, 2.45) is 5.92 Å². The van der Waals surface area contributed by atoms with Crippen LogP contribution in [0, 0.1) is 5.92 Å². The summed E-state index contributed by atoms with van der Waals surface area (Å²) in [6.07, 6.45) is 2.14. The summed E-state index contributed by atoms with van der Waals surface area (Å²) in [6.45, 7) is 7.83. The van der Waals surface area contributed by atoms with Crippen LogP contribution in [0.3, 0.4) is 0 Å². The summed E-state index contributed by atoms with van der Waals surface area (Å²) in [5.74, 6) is -1.50. The van der Waals surface area contributed by atoms with Crippen molar-refractivity contribution in [2.45, 2.75) is 64.8 Å². The van der Waals surface area contributed by atoms with Gasteiger partial charge in [-0.2, -0.15) is 0 Å². The molecule has 0 aliphatic rings. The minimum Gasteiger partial charge on any atom is -0.378 e. The number of aromatic nitrogens is 1. The lowest BCUT2D eigenvalue weighted by atomic mass is 10.0. The molecule has 4 atom stereocenters. The highest BCUT2D eigenvalue weighted by Gasteiger charge is 2.27. The summed E-state index contributed by atoms with van der Waals surface area (Å²) in [6, 6.07) is 25.4. The first-order valence-electron chi connectivity index (χ1n) is 17.8. The average molecular weight is 740 g/mol. The van der Waals surface area contributed by atoms with Crippen molar-refractivity contribution in [2.75, 3.05) is 25.5 Å². The molecule has 12 heteroatoms. The Morgan fingerprint density at radius 3 is 2.06 bits per heavy atom. The van der Waals surface area contributed by atoms with Crippen LogP contribution in [0.5, 0.6) is 0 Å². The first-order chi connectivity index (χ1) is 25.3. The molecule has 0 bridgehead atoms. The van der Waals surface area contributed by atoms with E-state index in [9.17, 15) is 19.2 Å². The topological polar surface area (TPSA) is 145 Å². The second kappa shape index (κ2) is 19.5. The molecule has 0 unspecified atom stereocenters. The number of carbonyl (C=O) groups excluding carboxylic acids is 4. The Hall–Kier alpha value is -5.26. The van der Waals surface area contributed by atoms with Gasteiger partial charge in [-0.3, -0.25) is 24.2 Å². The van der Waals surface area contributed by atoms with Crippen LogP contribution in [0.1, 0.15) is 71.3 Å². The molecule has 0 aliphatic heterocycles. The van der Waals surface area contributed by atoms with Crippen molar-refractivity contribution in [1.29, 1.82) is 0 Å². The number of hydrogen-bond acceptors (Lipinski definition) is 7. The van der Waals surface area contributed by atoms with Gasteiger partial charge in [-0.25, -0.2) is 0 Å². The van der Waals surface area contributed by atoms with E-state index in [-0.39, 0.29) is 48.7 Å². The molecule has 1 aromatic heterocycles. The molecule has 4 amide bonds. The third-order valence-corrected chi connectivity index (χ3v) is 9.03. The van der Waals surface area contributed by atoms with E-state index in [2.05, 4.69) is 31.6 Å². The Bertz CT molecular complexity index is 1840. The first-order valence-corrected chi connectivity index (χ1v) is 18.1. The maximum Gasteiger partial charge on any atom is 0.251 e. The largest absolute Gasteiger partial charge is 0.378 e. The smallest absolute Gasteiger partial charge is 0.251 e. The van der Waals surface area contributed by atoms with E-state index in [1.807, 2.05) is 94.4 Å². The molecule has 4 aromatic rings. The van der Waals surface area contributed by atoms with Gasteiger partial charge in [-0.15, -0.1) is 0 Å². The molecular formula is C41H50ClN7O4. The van der Waals surface area contributed by atoms with Crippen molar-refractivity contribution >= 4 is 40.9 Å². The summed E-state index contributed by atoms with van der Waals surface area (Å²) < 4.78 is 0. The number of halogens is 1. The van der Waals surface area contributed by atoms with Gasteiger partial charge in [0.1, 0.15) is 6.04 Å². The minimum atomic E-state index is -0.751. The Balaban J connectivity index is 1.45. The van der Waals surface area contributed by atoms with Gasteiger partial charge in [0.25, 0.3) is 11.8 Å². The fourth-order valence-corrected chi connectivity index (χ4v) is 5.83. The first kappa shape index (κ1) is 40.5. The number of anilines is 1. The van der Waals surface area contributed by atoms with Gasteiger partial charge in [0.05, 0.1) is 24.3 Å². The van der Waals surface area contributed by atoms with E-state index >= 15 is 0 Å². The van der Waals surface area contributed by atoms with E-state index in [0.717, 1.165) is 11.1 Å². The second-order valence-corrected chi connectivity index (χ2v) is 14.1. The highest BCUT2D eigenvalue weighted by atomic mass is 35.5. The number of pyridine rings is 1. The predicted octanol–water partition coefficient (Wildman–Crippen LogP) is 5.07. The van der Waals surface area contributed by atoms with E-state index in [0.29, 0.717) is 34.0 Å². The zero-order chi connectivity index (χ0) is 38.5. The van der Waals surface area contributed by atoms with E-state index < -0.39 is 18.1 Å². The number of rotatable bonds is 17. The average Bonchev–Trinajstić information content (AvgIpc) is 3.15. The summed E-state index contributed by atoms with van der Waals surface area (Å²) in [7, 11) is 3.69. The molecule has 53 heavy (non-hydrogen) atoms. The van der Waals surface area contributed by atoms with Crippen LogP contribution in [0.2, 0.25) is 5.02 Å². The van der Waals surface area contributed by atoms with Crippen LogP contribution in [0.4, 0.5) is 5.69 Å². The molecule has 0 saturated carbocycles. The zero-order valence-corrected chi connectivity index (χ0v) is 31.9. The Morgan fingerprint density at radius 1 is 0.755 bits per heavy atom. The summed E-state index contributed by atoms with van der Waals surface area (Å²) in [5, 5.41) is 15.7. The van der Waals surface area contributed by atoms with Crippen LogP contribution in [-0.4, -0.2) is 67.4 Å². The van der Waals surface area contributed by atoms with E-state index in [1.54, 1.807) is 49.5 Å². The lowest BCUT2D eigenvalue weighted by molar-refractivity contribution is -0.131. The van der Waals surface area contributed by atoms with Gasteiger partial charge in [-0.1, -0.05) is 74.0 Å². The summed E-state index contributed by atoms with van der Waals surface area (Å²) >= 11 is 6.17. The molecule has 0 radical (unpaired) electrons. The SMILES string of the molecule is CC(C)[C@H](NC(=O)[C@H](C)NC[C@H](Cc1ccccc1)NC(=O)c1cc(C(=O)N[C@H](C)c2cccc(Cl)c2)cc(N(C)C)c1)C(=O)NCc1ccccn1. The molecule has 1 heterocycles. The number of amides is 4. The molecule has 0 spiro atoms. The number of nitrogens with one attached hydrogen (secondary N) is 5. The Morgan fingerprint density at radius 2 is 1.43 bits per heavy atom. The fourth-order valence-electron chi connectivity index (χ4n) is 5.63. The van der Waals surface area contributed by atoms with Crippen molar-refractivity contribution in [1.82, 2.24) is 31.6 Å². The molecular weight excluding hydrogens is 690 g/mol. The van der Waals surface area contributed by atoms with E-state index in [1.165, 1.54) is 0 Å². The van der Waals surface area contributed by atoms with Gasteiger partial charge in [0.15, 0.2) is 0 Å². The van der Waals surface area contributed by atoms with Crippen LogP contribution in [0.15, 0.2) is 97.2 Å². The number of benzene rings is 3. The molecule has 280 valence electrons. The maximum atomic E-state index is 13.9. The minimum absolute atomic E-state index is 0.162. The lowest BCUT2D eigenvalue weighted by Crippen LogP contribution is -2.55. The van der Waals surface area contributed by atoms with Gasteiger partial charge in [0, 0.05) is 54.7 Å². The third-order valence-electron chi connectivity index (χ3n) is 8.80. The number of carbonyl (C=O) groups is 4. The molecule has 0 aliphatic carbocycles. The Labute approximate surface area is 317 Å². The highest BCUT2D eigenvalue weighted by molar-refractivity contribution is 6.30. The van der Waals surface area contributed by atoms with Gasteiger partial charge < -0.3 is 31.5 Å². The summed E-state index contributed by atoms with van der Waals surface area (Å²) in [4.78, 5) is 59.8. The van der Waals surface area contributed by atoms with Gasteiger partial charge in [-0.05, 0) is 79.8 Å². The van der Waals surface area contributed by atoms with Gasteiger partial charge in [0.2, 0.25) is 11.8 Å². The van der Waals surface area contributed by atoms with Crippen molar-refractivity contribution in [3.05, 3.63) is 130 Å². The molecule has 0 saturated heterocycles. The molecule has 3 aromatic carbocycles. The highest BCUT2D eigenvalue weighted by Crippen LogP contribution is 2.21. The Kier molecular flexibility index (Phi) is 14.9. The van der Waals surface area contributed by atoms with Gasteiger partial charge >= 0.3 is 0 Å². The molecule has 0 fully saturated rings. The quantitative estimate of drug-likeness (QED) is 0.102. The van der Waals surface area contributed by atoms with Crippen LogP contribution in [0.25, 0.3) is 0 Å². The normalized spacial score (nSPS) is 13.3. The molecule has 5 N–H and O–H groups in total. The molecule has 11 nitrogen and oxygen atoms in total. The predicted molar refractivity (Wildman–Crippen MR) is 210 cm³/mol. The lowest BCUT2D eigenvalue weighted by Gasteiger charge is -2.26. The van der Waals surface area contributed by atoms with Crippen molar-refractivity contribution in [3.63, 3.8) is 0 Å². The summed E-state index contributed by atoms with van der Waals surface area (Å²) in [5.41, 5.74) is 3.91. The van der Waals surface area contributed by atoms with Crippen LogP contribution in [-0.2, 0) is 22.6 Å². The van der Waals surface area contributed by atoms with Crippen LogP contribution < -0.4 is 31.5 Å². The van der Waals surface area contributed by atoms with Crippen molar-refractivity contribution < 1.29 is 19.2 Å². The third kappa shape index (κ3) is 12.4. The standard InChI is InChI=1S/C41H50ClN7O4/c1-26(2)37(41(53)45-24-34-17-10-11-18-43-34)48-38(50)28(4)44-25-35(19-29-13-8-7-9-14-29)47-40(52)32-20-31(22-36(23-32)49(5)6)39(51)46-27(3)30-15-12-16-33(42)21-30/h7-18,20-23,26-28,35,37,44H,19,24-25H2,1-6H3,(H,45,53)(H,46,51)(H,47,52)(H,48,50)/t27-,28+,35+,37+/m1/s1. The van der Waals surface area contributed by atoms with Crippen LogP contribution >= 0.6 is 11.6 Å². The second-order valence-electron chi connectivity index (χ2n) is 13.7. The zero-order valence-electron chi connectivity index (χ0n) is 31.2. The van der Waals surface area contributed by atoms with E-state index in [4.69, 9.17) is 11.6 Å². The maximum absolute atomic E-state index is 13.9.